The van der Waals surface area contributed by atoms with Crippen molar-refractivity contribution in [1.29, 1.82) is 0 Å². The van der Waals surface area contributed by atoms with Crippen LogP contribution >= 0.6 is 23.4 Å². The van der Waals surface area contributed by atoms with E-state index in [4.69, 9.17) is 11.6 Å². The summed E-state index contributed by atoms with van der Waals surface area (Å²) in [4.78, 5) is 39.9. The van der Waals surface area contributed by atoms with E-state index in [2.05, 4.69) is 25.8 Å². The predicted octanol–water partition coefficient (Wildman–Crippen LogP) is 4.57. The number of carbonyl (C=O) groups excluding carboxylic acids is 2. The van der Waals surface area contributed by atoms with Crippen LogP contribution in [0.25, 0.3) is 11.3 Å². The third-order valence-electron chi connectivity index (χ3n) is 4.74. The zero-order valence-electron chi connectivity index (χ0n) is 18.7. The van der Waals surface area contributed by atoms with Crippen molar-refractivity contribution in [3.8, 4) is 11.3 Å². The van der Waals surface area contributed by atoms with Crippen molar-refractivity contribution in [2.75, 3.05) is 10.6 Å². The van der Waals surface area contributed by atoms with Crippen LogP contribution in [0.3, 0.4) is 0 Å². The molecule has 10 heteroatoms. The number of nitrogens with zero attached hydrogens (tertiary/aromatic N) is 2. The van der Waals surface area contributed by atoms with Crippen LogP contribution in [0.1, 0.15) is 31.4 Å². The number of hydrogen-bond acceptors (Lipinski definition) is 6. The smallest absolute Gasteiger partial charge is 0.278 e. The highest BCUT2D eigenvalue weighted by Gasteiger charge is 2.21. The predicted molar refractivity (Wildman–Crippen MR) is 132 cm³/mol. The lowest BCUT2D eigenvalue weighted by molar-refractivity contribution is -0.116. The van der Waals surface area contributed by atoms with Crippen LogP contribution in [0, 0.1) is 13.8 Å². The third-order valence-corrected chi connectivity index (χ3v) is 6.23. The monoisotopic (exact) mass is 485 g/mol. The molecule has 172 valence electrons. The fourth-order valence-electron chi connectivity index (χ4n) is 3.26. The van der Waals surface area contributed by atoms with Gasteiger partial charge in [-0.05, 0) is 56.2 Å². The third kappa shape index (κ3) is 6.21. The minimum atomic E-state index is -0.493. The van der Waals surface area contributed by atoms with E-state index < -0.39 is 10.8 Å². The van der Waals surface area contributed by atoms with Crippen LogP contribution in [0.4, 0.5) is 11.4 Å². The molecule has 0 aliphatic carbocycles. The summed E-state index contributed by atoms with van der Waals surface area (Å²) in [6.45, 7) is 7.01. The topological polar surface area (TPSA) is 117 Å². The van der Waals surface area contributed by atoms with E-state index >= 15 is 0 Å². The van der Waals surface area contributed by atoms with Crippen molar-refractivity contribution in [2.24, 2.45) is 0 Å². The second-order valence-electron chi connectivity index (χ2n) is 7.50. The van der Waals surface area contributed by atoms with Gasteiger partial charge in [-0.3, -0.25) is 19.4 Å². The van der Waals surface area contributed by atoms with E-state index in [1.54, 1.807) is 30.3 Å². The molecule has 3 aromatic rings. The summed E-state index contributed by atoms with van der Waals surface area (Å²) in [7, 11) is 0. The average molecular weight is 486 g/mol. The second kappa shape index (κ2) is 10.6. The van der Waals surface area contributed by atoms with Gasteiger partial charge in [0.1, 0.15) is 0 Å². The largest absolute Gasteiger partial charge is 0.325 e. The normalized spacial score (nSPS) is 11.7. The zero-order valence-corrected chi connectivity index (χ0v) is 20.2. The number of nitrogens with one attached hydrogen (secondary N) is 3. The molecular formula is C23H24ClN5O3S. The molecule has 8 nitrogen and oxygen atoms in total. The van der Waals surface area contributed by atoms with Crippen LogP contribution < -0.4 is 16.2 Å². The summed E-state index contributed by atoms with van der Waals surface area (Å²) in [6.07, 6.45) is 0.513. The first-order chi connectivity index (χ1) is 15.7. The SMILES string of the molecule is CC[C@H](Sc1nnc(-c2cc(C)cc(C)c2NC(C)=O)c(=O)[nH]1)C(=O)Nc1ccc(Cl)cc1. The van der Waals surface area contributed by atoms with Crippen LogP contribution in [0.5, 0.6) is 0 Å². The Bertz CT molecular complexity index is 1240. The summed E-state index contributed by atoms with van der Waals surface area (Å²) in [5.74, 6) is -0.476. The van der Waals surface area contributed by atoms with Gasteiger partial charge in [-0.1, -0.05) is 41.9 Å². The molecule has 2 amide bonds. The summed E-state index contributed by atoms with van der Waals surface area (Å²) >= 11 is 7.00. The van der Waals surface area contributed by atoms with Crippen molar-refractivity contribution in [3.63, 3.8) is 0 Å². The lowest BCUT2D eigenvalue weighted by Gasteiger charge is -2.15. The molecule has 0 saturated carbocycles. The highest BCUT2D eigenvalue weighted by Crippen LogP contribution is 2.30. The number of hydrogen-bond donors (Lipinski definition) is 3. The van der Waals surface area contributed by atoms with Gasteiger partial charge >= 0.3 is 0 Å². The van der Waals surface area contributed by atoms with Gasteiger partial charge in [-0.15, -0.1) is 10.2 Å². The summed E-state index contributed by atoms with van der Waals surface area (Å²) in [5, 5.41) is 14.2. The first kappa shape index (κ1) is 24.5. The number of aromatic nitrogens is 3. The molecule has 0 aliphatic rings. The number of anilines is 2. The minimum absolute atomic E-state index is 0.0913. The lowest BCUT2D eigenvalue weighted by Crippen LogP contribution is -2.25. The second-order valence-corrected chi connectivity index (χ2v) is 9.13. The van der Waals surface area contributed by atoms with Gasteiger partial charge in [-0.2, -0.15) is 0 Å². The van der Waals surface area contributed by atoms with Gasteiger partial charge in [0.05, 0.1) is 10.9 Å². The fourth-order valence-corrected chi connectivity index (χ4v) is 4.23. The highest BCUT2D eigenvalue weighted by atomic mass is 35.5. The molecule has 1 aromatic heterocycles. The Balaban J connectivity index is 1.84. The van der Waals surface area contributed by atoms with Gasteiger partial charge < -0.3 is 10.6 Å². The van der Waals surface area contributed by atoms with E-state index in [0.717, 1.165) is 22.9 Å². The van der Waals surface area contributed by atoms with Gasteiger partial charge in [0, 0.05) is 23.2 Å². The molecule has 3 N–H and O–H groups in total. The van der Waals surface area contributed by atoms with E-state index in [9.17, 15) is 14.4 Å². The van der Waals surface area contributed by atoms with Crippen molar-refractivity contribution in [1.82, 2.24) is 15.2 Å². The Kier molecular flexibility index (Phi) is 7.88. The van der Waals surface area contributed by atoms with Crippen molar-refractivity contribution in [2.45, 2.75) is 44.5 Å². The molecule has 1 atom stereocenters. The maximum atomic E-state index is 12.9. The van der Waals surface area contributed by atoms with Gasteiger partial charge in [0.25, 0.3) is 5.56 Å². The quantitative estimate of drug-likeness (QED) is 0.422. The summed E-state index contributed by atoms with van der Waals surface area (Å²) in [5.41, 5.74) is 2.98. The Hall–Kier alpha value is -3.17. The first-order valence-electron chi connectivity index (χ1n) is 10.3. The molecule has 0 saturated heterocycles. The van der Waals surface area contributed by atoms with Crippen LogP contribution in [-0.2, 0) is 9.59 Å². The number of aryl methyl sites for hydroxylation is 2. The highest BCUT2D eigenvalue weighted by molar-refractivity contribution is 8.00. The van der Waals surface area contributed by atoms with Crippen LogP contribution in [0.2, 0.25) is 5.02 Å². The molecule has 0 fully saturated rings. The molecule has 0 unspecified atom stereocenters. The Morgan fingerprint density at radius 3 is 2.42 bits per heavy atom. The number of rotatable bonds is 7. The molecule has 3 rings (SSSR count). The average Bonchev–Trinajstić information content (AvgIpc) is 2.75. The van der Waals surface area contributed by atoms with Crippen LogP contribution in [0.15, 0.2) is 46.3 Å². The Morgan fingerprint density at radius 1 is 1.12 bits per heavy atom. The fraction of sp³-hybridized carbons (Fsp3) is 0.261. The van der Waals surface area contributed by atoms with E-state index in [0.29, 0.717) is 28.4 Å². The Labute approximate surface area is 200 Å². The molecule has 33 heavy (non-hydrogen) atoms. The number of halogens is 1. The van der Waals surface area contributed by atoms with Gasteiger partial charge in [-0.25, -0.2) is 0 Å². The van der Waals surface area contributed by atoms with E-state index in [1.165, 1.54) is 6.92 Å². The van der Waals surface area contributed by atoms with E-state index in [-0.39, 0.29) is 22.7 Å². The van der Waals surface area contributed by atoms with Gasteiger partial charge in [0.15, 0.2) is 10.9 Å². The maximum absolute atomic E-state index is 12.9. The molecule has 0 spiro atoms. The number of aromatic amines is 1. The molecule has 0 bridgehead atoms. The number of carbonyl (C=O) groups is 2. The molecule has 0 aliphatic heterocycles. The number of benzene rings is 2. The summed E-state index contributed by atoms with van der Waals surface area (Å²) in [6, 6.07) is 10.5. The standard InChI is InChI=1S/C23H24ClN5O3S/c1-5-18(21(31)26-16-8-6-15(24)7-9-16)33-23-27-22(32)20(28-29-23)17-11-12(2)10-13(3)19(17)25-14(4)30/h6-11,18H,5H2,1-4H3,(H,25,30)(H,26,31)(H,27,29,32)/t18-/m0/s1. The van der Waals surface area contributed by atoms with Crippen molar-refractivity contribution in [3.05, 3.63) is 62.9 Å². The first-order valence-corrected chi connectivity index (χ1v) is 11.5. The summed E-state index contributed by atoms with van der Waals surface area (Å²) < 4.78 is 0. The molecule has 1 heterocycles. The molecular weight excluding hydrogens is 462 g/mol. The Morgan fingerprint density at radius 2 is 1.82 bits per heavy atom. The number of amides is 2. The van der Waals surface area contributed by atoms with Gasteiger partial charge in [0.2, 0.25) is 11.8 Å². The van der Waals surface area contributed by atoms with Crippen molar-refractivity contribution >= 4 is 46.6 Å². The zero-order chi connectivity index (χ0) is 24.1. The minimum Gasteiger partial charge on any atom is -0.325 e. The van der Waals surface area contributed by atoms with Crippen molar-refractivity contribution < 1.29 is 9.59 Å². The number of thioether (sulfide) groups is 1. The lowest BCUT2D eigenvalue weighted by atomic mass is 10.0. The van der Waals surface area contributed by atoms with E-state index in [1.807, 2.05) is 26.8 Å². The van der Waals surface area contributed by atoms with Crippen LogP contribution in [-0.4, -0.2) is 32.2 Å². The maximum Gasteiger partial charge on any atom is 0.278 e. The molecule has 2 aromatic carbocycles. The molecule has 0 radical (unpaired) electrons. The number of H-pyrrole nitrogens is 1.